The number of esters is 2. The molecule has 0 amide bonds. The highest BCUT2D eigenvalue weighted by atomic mass is 32.2. The van der Waals surface area contributed by atoms with Gasteiger partial charge in [-0.05, 0) is 36.1 Å². The van der Waals surface area contributed by atoms with Gasteiger partial charge in [-0.25, -0.2) is 9.59 Å². The predicted molar refractivity (Wildman–Crippen MR) is 161 cm³/mol. The van der Waals surface area contributed by atoms with Crippen LogP contribution >= 0.6 is 0 Å². The molecule has 0 saturated carbocycles. The van der Waals surface area contributed by atoms with Gasteiger partial charge in [0.1, 0.15) is 30.6 Å². The fraction of sp³-hybridized carbons (Fsp3) is 0.167. The molecular formula is C30H24N2O16S. The summed E-state index contributed by atoms with van der Waals surface area (Å²) in [5.74, 6) is -10.8. The van der Waals surface area contributed by atoms with Gasteiger partial charge in [0.2, 0.25) is 28.8 Å². The number of nitrogens with zero attached hydrogens (tertiary/aromatic N) is 2. The molecular weight excluding hydrogens is 676 g/mol. The number of aliphatic hydroxyl groups is 3. The lowest BCUT2D eigenvalue weighted by molar-refractivity contribution is -0.147. The summed E-state index contributed by atoms with van der Waals surface area (Å²) >= 11 is 0. The number of phenols is 1. The number of cyclic esters (lactones) is 1. The van der Waals surface area contributed by atoms with E-state index in [1.807, 2.05) is 0 Å². The van der Waals surface area contributed by atoms with Crippen molar-refractivity contribution in [3.8, 4) is 23.2 Å². The van der Waals surface area contributed by atoms with Crippen molar-refractivity contribution in [1.29, 1.82) is 0 Å². The first-order valence-corrected chi connectivity index (χ1v) is 15.1. The molecule has 0 aliphatic carbocycles. The van der Waals surface area contributed by atoms with Gasteiger partial charge in [-0.15, -0.1) is 5.11 Å². The van der Waals surface area contributed by atoms with E-state index in [4.69, 9.17) is 8.92 Å². The van der Waals surface area contributed by atoms with Crippen molar-refractivity contribution in [1.82, 2.24) is 0 Å². The Labute approximate surface area is 274 Å². The molecule has 19 heteroatoms. The number of carbonyl (C=O) groups excluding carboxylic acids is 3. The molecule has 1 aliphatic rings. The van der Waals surface area contributed by atoms with Gasteiger partial charge in [-0.3, -0.25) is 8.98 Å². The zero-order chi connectivity index (χ0) is 35.8. The number of aromatic hydroxyl groups is 4. The summed E-state index contributed by atoms with van der Waals surface area (Å²) in [7, 11) is -4.67. The molecule has 1 aliphatic heterocycles. The number of furan rings is 1. The van der Waals surface area contributed by atoms with Gasteiger partial charge in [0, 0.05) is 5.39 Å². The lowest BCUT2D eigenvalue weighted by Crippen LogP contribution is -2.33. The van der Waals surface area contributed by atoms with Gasteiger partial charge in [0.15, 0.2) is 17.6 Å². The second-order valence-electron chi connectivity index (χ2n) is 10.3. The number of hydrogen-bond donors (Lipinski definition) is 7. The van der Waals surface area contributed by atoms with Crippen molar-refractivity contribution >= 4 is 50.0 Å². The molecule has 7 N–H and O–H groups in total. The quantitative estimate of drug-likeness (QED) is 0.0511. The fourth-order valence-corrected chi connectivity index (χ4v) is 5.62. The SMILES string of the molecule is Cc1ccc(N=Nc2c(O)c(C(=O)OCC(O)C3OC(=O)C(O)=C3O)cc3ccccc23)cc1S(=O)(=O)OCC(=O)c1oc(O)c(O)c1O. The zero-order valence-electron chi connectivity index (χ0n) is 24.8. The standard InChI is InChI=1S/C30H24N2O16S/c1-12-6-7-14(9-19(12)49(43,44)46-11-18(34)27-23(37)25(39)30(42)48-27)31-32-20-15-5-3-2-4-13(15)8-16(21(20)35)28(40)45-10-17(33)26-22(36)24(38)29(41)47-26/h2-9,17,26,33,35-39,42H,10-11H2,1H3. The zero-order valence-corrected chi connectivity index (χ0v) is 25.6. The first kappa shape index (κ1) is 34.2. The molecule has 2 unspecified atom stereocenters. The van der Waals surface area contributed by atoms with Gasteiger partial charge < -0.3 is 49.6 Å². The van der Waals surface area contributed by atoms with E-state index in [1.54, 1.807) is 24.3 Å². The number of phenolic OH excluding ortho intramolecular Hbond substituents is 1. The number of ether oxygens (including phenoxy) is 2. The van der Waals surface area contributed by atoms with Crippen LogP contribution in [0.5, 0.6) is 23.2 Å². The predicted octanol–water partition coefficient (Wildman–Crippen LogP) is 3.34. The van der Waals surface area contributed by atoms with E-state index >= 15 is 0 Å². The van der Waals surface area contributed by atoms with E-state index in [-0.39, 0.29) is 16.9 Å². The van der Waals surface area contributed by atoms with Crippen LogP contribution in [0.15, 0.2) is 79.6 Å². The van der Waals surface area contributed by atoms with E-state index in [0.29, 0.717) is 10.8 Å². The molecule has 0 fully saturated rings. The van der Waals surface area contributed by atoms with Crippen molar-refractivity contribution in [2.45, 2.75) is 24.0 Å². The average molecular weight is 701 g/mol. The van der Waals surface area contributed by atoms with Crippen molar-refractivity contribution < 1.29 is 76.6 Å². The normalized spacial score (nSPS) is 15.6. The second-order valence-corrected chi connectivity index (χ2v) is 11.9. The number of benzene rings is 3. The minimum Gasteiger partial charge on any atom is -0.505 e. The Kier molecular flexibility index (Phi) is 9.16. The Morgan fingerprint density at radius 1 is 0.959 bits per heavy atom. The molecule has 0 radical (unpaired) electrons. The number of aryl methyl sites for hydroxylation is 1. The van der Waals surface area contributed by atoms with Crippen molar-refractivity contribution in [3.05, 3.63) is 76.9 Å². The summed E-state index contributed by atoms with van der Waals surface area (Å²) in [6.45, 7) is -0.603. The number of carbonyl (C=O) groups is 3. The number of Topliss-reactive ketones (excluding diaryl/α,β-unsaturated/α-hetero) is 1. The Morgan fingerprint density at radius 3 is 2.33 bits per heavy atom. The Balaban J connectivity index is 1.38. The van der Waals surface area contributed by atoms with Crippen molar-refractivity contribution in [2.24, 2.45) is 10.2 Å². The van der Waals surface area contributed by atoms with Crippen LogP contribution in [-0.4, -0.2) is 87.3 Å². The molecule has 2 atom stereocenters. The summed E-state index contributed by atoms with van der Waals surface area (Å²) in [5.41, 5.74) is -0.591. The molecule has 4 aromatic rings. The second kappa shape index (κ2) is 13.1. The minimum absolute atomic E-state index is 0.0839. The summed E-state index contributed by atoms with van der Waals surface area (Å²) in [6.07, 6.45) is -3.48. The number of rotatable bonds is 11. The average Bonchev–Trinajstić information content (AvgIpc) is 3.49. The molecule has 0 saturated heterocycles. The van der Waals surface area contributed by atoms with E-state index in [9.17, 15) is 58.5 Å². The Morgan fingerprint density at radius 2 is 1.67 bits per heavy atom. The molecule has 0 bridgehead atoms. The third kappa shape index (κ3) is 6.66. The van der Waals surface area contributed by atoms with Crippen molar-refractivity contribution in [3.63, 3.8) is 0 Å². The van der Waals surface area contributed by atoms with E-state index < -0.39 is 104 Å². The molecule has 0 spiro atoms. The highest BCUT2D eigenvalue weighted by molar-refractivity contribution is 7.86. The molecule has 256 valence electrons. The number of hydrogen-bond acceptors (Lipinski definition) is 18. The maximum atomic E-state index is 13.0. The van der Waals surface area contributed by atoms with Crippen LogP contribution in [0.2, 0.25) is 0 Å². The van der Waals surface area contributed by atoms with Crippen molar-refractivity contribution in [2.75, 3.05) is 13.2 Å². The maximum absolute atomic E-state index is 13.0. The van der Waals surface area contributed by atoms with Crippen LogP contribution in [0.4, 0.5) is 11.4 Å². The summed E-state index contributed by atoms with van der Waals surface area (Å²) in [4.78, 5) is 36.2. The van der Waals surface area contributed by atoms with Gasteiger partial charge >= 0.3 is 17.9 Å². The molecule has 1 aromatic heterocycles. The van der Waals surface area contributed by atoms with Crippen LogP contribution < -0.4 is 0 Å². The maximum Gasteiger partial charge on any atom is 0.377 e. The van der Waals surface area contributed by atoms with Gasteiger partial charge in [-0.1, -0.05) is 30.3 Å². The van der Waals surface area contributed by atoms with Crippen LogP contribution in [0.25, 0.3) is 10.8 Å². The largest absolute Gasteiger partial charge is 0.505 e. The third-order valence-electron chi connectivity index (χ3n) is 7.03. The van der Waals surface area contributed by atoms with Gasteiger partial charge in [0.05, 0.1) is 10.6 Å². The number of aliphatic hydroxyl groups excluding tert-OH is 3. The third-order valence-corrected chi connectivity index (χ3v) is 8.44. The Bertz CT molecular complexity index is 2190. The summed E-state index contributed by atoms with van der Waals surface area (Å²) in [6, 6.07) is 11.4. The minimum atomic E-state index is -4.67. The van der Waals surface area contributed by atoms with Gasteiger partial charge in [-0.2, -0.15) is 13.5 Å². The van der Waals surface area contributed by atoms with E-state index in [1.165, 1.54) is 25.1 Å². The Hall–Kier alpha value is -6.18. The lowest BCUT2D eigenvalue weighted by atomic mass is 10.0. The molecule has 2 heterocycles. The first-order valence-electron chi connectivity index (χ1n) is 13.7. The van der Waals surface area contributed by atoms with E-state index in [2.05, 4.69) is 19.4 Å². The summed E-state index contributed by atoms with van der Waals surface area (Å²) in [5, 5.41) is 77.6. The fourth-order valence-electron chi connectivity index (χ4n) is 4.51. The molecule has 5 rings (SSSR count). The molecule has 18 nitrogen and oxygen atoms in total. The molecule has 3 aromatic carbocycles. The van der Waals surface area contributed by atoms with Gasteiger partial charge in [0.25, 0.3) is 10.1 Å². The number of azo groups is 1. The lowest BCUT2D eigenvalue weighted by Gasteiger charge is -2.17. The van der Waals surface area contributed by atoms with Crippen LogP contribution in [-0.2, 0) is 28.6 Å². The highest BCUT2D eigenvalue weighted by Gasteiger charge is 2.40. The number of fused-ring (bicyclic) bond motifs is 1. The highest BCUT2D eigenvalue weighted by Crippen LogP contribution is 2.41. The topological polar surface area (TPSA) is 293 Å². The van der Waals surface area contributed by atoms with Crippen LogP contribution in [0.1, 0.15) is 26.5 Å². The smallest absolute Gasteiger partial charge is 0.377 e. The monoisotopic (exact) mass is 700 g/mol. The van der Waals surface area contributed by atoms with Crippen LogP contribution in [0.3, 0.4) is 0 Å². The molecule has 49 heavy (non-hydrogen) atoms. The summed E-state index contributed by atoms with van der Waals surface area (Å²) < 4.78 is 44.9. The number of ketones is 1. The first-order chi connectivity index (χ1) is 23.1. The van der Waals surface area contributed by atoms with E-state index in [0.717, 1.165) is 6.07 Å². The van der Waals surface area contributed by atoms with Crippen LogP contribution in [0, 0.1) is 6.92 Å².